The van der Waals surface area contributed by atoms with Gasteiger partial charge in [0, 0.05) is 5.02 Å². The minimum atomic E-state index is 0.358. The van der Waals surface area contributed by atoms with Gasteiger partial charge in [-0.15, -0.1) is 5.10 Å². The Balaban J connectivity index is 2.56. The Labute approximate surface area is 104 Å². The molecule has 2 aromatic rings. The normalized spacial score (nSPS) is 11.1. The fourth-order valence-corrected chi connectivity index (χ4v) is 1.86. The first kappa shape index (κ1) is 11.4. The third kappa shape index (κ3) is 2.20. The fraction of sp³-hybridized carbons (Fsp3) is 0.273. The van der Waals surface area contributed by atoms with Gasteiger partial charge in [0.1, 0.15) is 0 Å². The van der Waals surface area contributed by atoms with Crippen molar-refractivity contribution in [2.75, 3.05) is 0 Å². The van der Waals surface area contributed by atoms with E-state index in [1.165, 1.54) is 0 Å². The van der Waals surface area contributed by atoms with Crippen molar-refractivity contribution in [3.05, 3.63) is 40.1 Å². The molecule has 0 bridgehead atoms. The van der Waals surface area contributed by atoms with Crippen LogP contribution >= 0.6 is 23.2 Å². The number of rotatable bonds is 2. The van der Waals surface area contributed by atoms with E-state index in [0.29, 0.717) is 11.1 Å². The van der Waals surface area contributed by atoms with Crippen LogP contribution in [0.1, 0.15) is 25.3 Å². The molecule has 3 nitrogen and oxygen atoms in total. The first-order valence-electron chi connectivity index (χ1n) is 4.95. The molecule has 5 heteroatoms. The molecule has 1 aromatic heterocycles. The molecule has 0 aliphatic rings. The summed E-state index contributed by atoms with van der Waals surface area (Å²) in [5.41, 5.74) is 2.08. The first-order chi connectivity index (χ1) is 7.58. The fourth-order valence-electron chi connectivity index (χ4n) is 1.56. The lowest BCUT2D eigenvalue weighted by molar-refractivity contribution is 0.770. The summed E-state index contributed by atoms with van der Waals surface area (Å²) >= 11 is 11.7. The van der Waals surface area contributed by atoms with Crippen LogP contribution in [-0.2, 0) is 0 Å². The van der Waals surface area contributed by atoms with Gasteiger partial charge in [0.2, 0.25) is 0 Å². The minimum absolute atomic E-state index is 0.358. The van der Waals surface area contributed by atoms with Gasteiger partial charge in [-0.3, -0.25) is 0 Å². The van der Waals surface area contributed by atoms with Gasteiger partial charge >= 0.3 is 0 Å². The summed E-state index contributed by atoms with van der Waals surface area (Å²) in [6, 6.07) is 5.69. The predicted molar refractivity (Wildman–Crippen MR) is 65.5 cm³/mol. The van der Waals surface area contributed by atoms with Crippen LogP contribution in [0.3, 0.4) is 0 Å². The molecule has 0 spiro atoms. The summed E-state index contributed by atoms with van der Waals surface area (Å²) in [5.74, 6) is 0.358. The van der Waals surface area contributed by atoms with E-state index in [9.17, 15) is 0 Å². The van der Waals surface area contributed by atoms with Crippen LogP contribution < -0.4 is 0 Å². The van der Waals surface area contributed by atoms with Gasteiger partial charge in [0.15, 0.2) is 5.15 Å². The van der Waals surface area contributed by atoms with E-state index in [4.69, 9.17) is 23.2 Å². The molecule has 2 rings (SSSR count). The van der Waals surface area contributed by atoms with E-state index in [1.54, 1.807) is 10.9 Å². The Bertz CT molecular complexity index is 506. The van der Waals surface area contributed by atoms with Gasteiger partial charge in [0.25, 0.3) is 0 Å². The van der Waals surface area contributed by atoms with Crippen LogP contribution in [0.2, 0.25) is 10.2 Å². The minimum Gasteiger partial charge on any atom is -0.219 e. The van der Waals surface area contributed by atoms with Gasteiger partial charge in [0.05, 0.1) is 11.9 Å². The van der Waals surface area contributed by atoms with Crippen molar-refractivity contribution in [2.45, 2.75) is 19.8 Å². The van der Waals surface area contributed by atoms with E-state index in [2.05, 4.69) is 24.2 Å². The SMILES string of the molecule is CC(C)c1cc(Cl)ccc1-n1cc(Cl)nn1. The molecule has 0 N–H and O–H groups in total. The second-order valence-corrected chi connectivity index (χ2v) is 4.67. The average molecular weight is 256 g/mol. The van der Waals surface area contributed by atoms with Gasteiger partial charge in [-0.05, 0) is 29.7 Å². The highest BCUT2D eigenvalue weighted by atomic mass is 35.5. The van der Waals surface area contributed by atoms with E-state index >= 15 is 0 Å². The molecule has 84 valence electrons. The maximum absolute atomic E-state index is 5.98. The molecule has 0 radical (unpaired) electrons. The summed E-state index contributed by atoms with van der Waals surface area (Å²) in [6.45, 7) is 4.21. The molecular weight excluding hydrogens is 245 g/mol. The molecule has 0 amide bonds. The predicted octanol–water partition coefficient (Wildman–Crippen LogP) is 3.70. The Kier molecular flexibility index (Phi) is 3.17. The Morgan fingerprint density at radius 1 is 1.25 bits per heavy atom. The zero-order valence-electron chi connectivity index (χ0n) is 8.98. The Hall–Kier alpha value is -1.06. The smallest absolute Gasteiger partial charge is 0.171 e. The number of hydrogen-bond donors (Lipinski definition) is 0. The zero-order valence-corrected chi connectivity index (χ0v) is 10.5. The summed E-state index contributed by atoms with van der Waals surface area (Å²) < 4.78 is 1.66. The van der Waals surface area contributed by atoms with Crippen LogP contribution in [0, 0.1) is 0 Å². The van der Waals surface area contributed by atoms with E-state index in [0.717, 1.165) is 16.3 Å². The maximum atomic E-state index is 5.98. The van der Waals surface area contributed by atoms with Crippen LogP contribution in [0.4, 0.5) is 0 Å². The highest BCUT2D eigenvalue weighted by molar-refractivity contribution is 6.30. The van der Waals surface area contributed by atoms with Gasteiger partial charge in [-0.25, -0.2) is 4.68 Å². The standard InChI is InChI=1S/C11H11Cl2N3/c1-7(2)9-5-8(12)3-4-10(9)16-6-11(13)14-15-16/h3-7H,1-2H3. The molecule has 0 fully saturated rings. The lowest BCUT2D eigenvalue weighted by atomic mass is 10.0. The van der Waals surface area contributed by atoms with Crippen LogP contribution in [-0.4, -0.2) is 15.0 Å². The molecule has 1 heterocycles. The second kappa shape index (κ2) is 4.44. The number of halogens is 2. The number of hydrogen-bond acceptors (Lipinski definition) is 2. The second-order valence-electron chi connectivity index (χ2n) is 3.84. The molecule has 0 atom stereocenters. The first-order valence-corrected chi connectivity index (χ1v) is 5.71. The average Bonchev–Trinajstić information content (AvgIpc) is 2.64. The highest BCUT2D eigenvalue weighted by Gasteiger charge is 2.10. The van der Waals surface area contributed by atoms with Crippen molar-refractivity contribution < 1.29 is 0 Å². The Morgan fingerprint density at radius 2 is 2.00 bits per heavy atom. The molecule has 0 saturated heterocycles. The van der Waals surface area contributed by atoms with Crippen molar-refractivity contribution in [1.82, 2.24) is 15.0 Å². The topological polar surface area (TPSA) is 30.7 Å². The molecule has 0 aliphatic heterocycles. The zero-order chi connectivity index (χ0) is 11.7. The molecular formula is C11H11Cl2N3. The van der Waals surface area contributed by atoms with Crippen molar-refractivity contribution in [3.63, 3.8) is 0 Å². The molecule has 0 unspecified atom stereocenters. The molecule has 16 heavy (non-hydrogen) atoms. The quantitative estimate of drug-likeness (QED) is 0.820. The van der Waals surface area contributed by atoms with Gasteiger partial charge < -0.3 is 0 Å². The van der Waals surface area contributed by atoms with Crippen LogP contribution in [0.25, 0.3) is 5.69 Å². The number of benzene rings is 1. The van der Waals surface area contributed by atoms with Gasteiger partial charge in [-0.1, -0.05) is 42.3 Å². The van der Waals surface area contributed by atoms with Crippen molar-refractivity contribution in [2.24, 2.45) is 0 Å². The lowest BCUT2D eigenvalue weighted by Crippen LogP contribution is -2.02. The molecule has 0 aliphatic carbocycles. The molecule has 0 saturated carbocycles. The van der Waals surface area contributed by atoms with Crippen molar-refractivity contribution in [1.29, 1.82) is 0 Å². The monoisotopic (exact) mass is 255 g/mol. The van der Waals surface area contributed by atoms with E-state index in [1.807, 2.05) is 18.2 Å². The third-order valence-electron chi connectivity index (χ3n) is 2.32. The third-order valence-corrected chi connectivity index (χ3v) is 2.73. The van der Waals surface area contributed by atoms with Gasteiger partial charge in [-0.2, -0.15) is 0 Å². The van der Waals surface area contributed by atoms with Crippen molar-refractivity contribution in [3.8, 4) is 5.69 Å². The van der Waals surface area contributed by atoms with E-state index < -0.39 is 0 Å². The number of aromatic nitrogens is 3. The summed E-state index contributed by atoms with van der Waals surface area (Å²) in [7, 11) is 0. The highest BCUT2D eigenvalue weighted by Crippen LogP contribution is 2.26. The van der Waals surface area contributed by atoms with Crippen molar-refractivity contribution >= 4 is 23.2 Å². The Morgan fingerprint density at radius 3 is 2.56 bits per heavy atom. The maximum Gasteiger partial charge on any atom is 0.171 e. The lowest BCUT2D eigenvalue weighted by Gasteiger charge is -2.12. The summed E-state index contributed by atoms with van der Waals surface area (Å²) in [4.78, 5) is 0. The largest absolute Gasteiger partial charge is 0.219 e. The number of nitrogens with zero attached hydrogens (tertiary/aromatic N) is 3. The van der Waals surface area contributed by atoms with E-state index in [-0.39, 0.29) is 0 Å². The van der Waals surface area contributed by atoms with Crippen LogP contribution in [0.15, 0.2) is 24.4 Å². The van der Waals surface area contributed by atoms with Crippen LogP contribution in [0.5, 0.6) is 0 Å². The summed E-state index contributed by atoms with van der Waals surface area (Å²) in [6.07, 6.45) is 1.68. The molecule has 1 aromatic carbocycles. The summed E-state index contributed by atoms with van der Waals surface area (Å²) in [5, 5.41) is 8.81.